The molecule has 0 amide bonds. The summed E-state index contributed by atoms with van der Waals surface area (Å²) < 4.78 is 14.2. The van der Waals surface area contributed by atoms with Crippen LogP contribution in [0.4, 0.5) is 0 Å². The van der Waals surface area contributed by atoms with E-state index < -0.39 is 6.29 Å². The van der Waals surface area contributed by atoms with E-state index in [0.717, 1.165) is 0 Å². The second kappa shape index (κ2) is 6.55. The van der Waals surface area contributed by atoms with Crippen LogP contribution in [0.2, 0.25) is 0 Å². The zero-order valence-electron chi connectivity index (χ0n) is 9.00. The van der Waals surface area contributed by atoms with Crippen LogP contribution in [0.3, 0.4) is 0 Å². The number of alkyl halides is 2. The Morgan fingerprint density at radius 3 is 2.60 bits per heavy atom. The monoisotopic (exact) mass is 440 g/mol. The van der Waals surface area contributed by atoms with Crippen molar-refractivity contribution in [2.45, 2.75) is 35.0 Å². The van der Waals surface area contributed by atoms with Crippen molar-refractivity contribution in [3.63, 3.8) is 0 Å². The topological polar surface area (TPSA) is 57.5 Å². The van der Waals surface area contributed by atoms with Crippen LogP contribution in [-0.4, -0.2) is 26.8 Å². The van der Waals surface area contributed by atoms with Crippen LogP contribution in [0.15, 0.2) is 0 Å². The van der Waals surface area contributed by atoms with Gasteiger partial charge in [0.1, 0.15) is 0 Å². The molecule has 0 aliphatic carbocycles. The van der Waals surface area contributed by atoms with Gasteiger partial charge in [0.15, 0.2) is 0 Å². The van der Waals surface area contributed by atoms with Gasteiger partial charge in [0.25, 0.3) is 0 Å². The molecule has 0 saturated carbocycles. The first-order valence-electron chi connectivity index (χ1n) is 4.90. The van der Waals surface area contributed by atoms with E-state index in [1.54, 1.807) is 0 Å². The first-order valence-corrected chi connectivity index (χ1v) is 8.47. The molecule has 90 valence electrons. The van der Waals surface area contributed by atoms with Gasteiger partial charge in [0, 0.05) is 0 Å². The summed E-state index contributed by atoms with van der Waals surface area (Å²) in [5.74, 6) is 0.0387. The molecule has 3 atom stereocenters. The van der Waals surface area contributed by atoms with E-state index in [4.69, 9.17) is 9.47 Å². The maximum atomic E-state index is 11.7. The van der Waals surface area contributed by atoms with Crippen molar-refractivity contribution in [3.8, 4) is 0 Å². The molecule has 3 unspecified atom stereocenters. The normalized spacial score (nSPS) is 24.2. The Morgan fingerprint density at radius 2 is 2.20 bits per heavy atom. The second-order valence-electron chi connectivity index (χ2n) is 3.53. The van der Waals surface area contributed by atoms with Gasteiger partial charge in [0.05, 0.1) is 0 Å². The van der Waals surface area contributed by atoms with E-state index in [1.807, 2.05) is 20.8 Å². The van der Waals surface area contributed by atoms with Crippen LogP contribution in [0.25, 0.3) is 0 Å². The molecule has 0 aromatic heterocycles. The molecule has 1 rings (SSSR count). The Balaban J connectivity index is 2.38. The van der Waals surface area contributed by atoms with Crippen molar-refractivity contribution in [1.29, 1.82) is 0 Å². The van der Waals surface area contributed by atoms with Crippen LogP contribution >= 0.6 is 22.6 Å². The summed E-state index contributed by atoms with van der Waals surface area (Å²) in [5, 5.41) is 0. The van der Waals surface area contributed by atoms with Gasteiger partial charge in [-0.25, -0.2) is 0 Å². The van der Waals surface area contributed by atoms with E-state index in [1.165, 1.54) is 0 Å². The average molecular weight is 440 g/mol. The third-order valence-corrected chi connectivity index (χ3v) is 6.49. The summed E-state index contributed by atoms with van der Waals surface area (Å²) in [5.41, 5.74) is 0. The number of ether oxygens (including phenoxy) is 2. The molecule has 4 nitrogen and oxygen atoms in total. The molecule has 0 bridgehead atoms. The number of rotatable bonds is 6. The molecule has 1 fully saturated rings. The standard InChI is InChI=1S/C9H16I2NO3/c1-4-14-9(5(2)3)15-8(13)6(10)7-11-12-7/h5-7,9,12H,4H2,1-3H3/q-1. The van der Waals surface area contributed by atoms with Gasteiger partial charge in [-0.1, -0.05) is 0 Å². The number of halogens is 2. The first kappa shape index (κ1) is 13.9. The Bertz CT molecular complexity index is 221. The van der Waals surface area contributed by atoms with Gasteiger partial charge in [-0.15, -0.1) is 0 Å². The average Bonchev–Trinajstić information content (AvgIpc) is 2.98. The summed E-state index contributed by atoms with van der Waals surface area (Å²) >= 11 is 2.19. The molecular formula is C9H16I2NO3-. The maximum absolute atomic E-state index is 11.7. The Morgan fingerprint density at radius 1 is 1.60 bits per heavy atom. The number of hydrogen-bond acceptors (Lipinski definition) is 4. The van der Waals surface area contributed by atoms with E-state index in [-0.39, 0.29) is 37.3 Å². The summed E-state index contributed by atoms with van der Waals surface area (Å²) in [6, 6.07) is 0. The molecule has 1 saturated heterocycles. The summed E-state index contributed by atoms with van der Waals surface area (Å²) in [4.78, 5) is 11.7. The predicted molar refractivity (Wildman–Crippen MR) is 61.1 cm³/mol. The zero-order chi connectivity index (χ0) is 11.4. The van der Waals surface area contributed by atoms with Crippen LogP contribution in [0, 0.1) is 5.92 Å². The summed E-state index contributed by atoms with van der Waals surface area (Å²) in [6.07, 6.45) is -0.406. The van der Waals surface area contributed by atoms with E-state index >= 15 is 0 Å². The molecule has 1 aliphatic rings. The van der Waals surface area contributed by atoms with Crippen molar-refractivity contribution in [2.24, 2.45) is 5.92 Å². The van der Waals surface area contributed by atoms with Crippen molar-refractivity contribution < 1.29 is 35.7 Å². The zero-order valence-corrected chi connectivity index (χ0v) is 13.3. The van der Waals surface area contributed by atoms with Crippen LogP contribution in [0.1, 0.15) is 20.8 Å². The van der Waals surface area contributed by atoms with Crippen molar-refractivity contribution in [3.05, 3.63) is 0 Å². The number of hydrogen-bond donors (Lipinski definition) is 1. The van der Waals surface area contributed by atoms with Gasteiger partial charge in [-0.3, -0.25) is 0 Å². The molecule has 1 heterocycles. The second-order valence-corrected chi connectivity index (χ2v) is 7.46. The fraction of sp³-hybridized carbons (Fsp3) is 0.889. The van der Waals surface area contributed by atoms with E-state index in [0.29, 0.717) is 10.7 Å². The molecule has 1 aliphatic heterocycles. The van der Waals surface area contributed by atoms with E-state index in [9.17, 15) is 4.79 Å². The third-order valence-electron chi connectivity index (χ3n) is 1.82. The minimum absolute atomic E-state index is 0.0511. The quantitative estimate of drug-likeness (QED) is 0.102. The minimum atomic E-state index is -0.406. The van der Waals surface area contributed by atoms with Crippen molar-refractivity contribution >= 4 is 28.6 Å². The van der Waals surface area contributed by atoms with Crippen LogP contribution < -0.4 is 25.0 Å². The van der Waals surface area contributed by atoms with Gasteiger partial charge < -0.3 is 0 Å². The van der Waals surface area contributed by atoms with Crippen LogP contribution in [0.5, 0.6) is 0 Å². The predicted octanol–water partition coefficient (Wildman–Crippen LogP) is -1.71. The molecule has 15 heavy (non-hydrogen) atoms. The Labute approximate surface area is 115 Å². The van der Waals surface area contributed by atoms with Gasteiger partial charge in [0.2, 0.25) is 0 Å². The van der Waals surface area contributed by atoms with Crippen molar-refractivity contribution in [1.82, 2.24) is 3.53 Å². The fourth-order valence-electron chi connectivity index (χ4n) is 0.973. The number of carbonyl (C=O) groups excluding carboxylic acids is 1. The van der Waals surface area contributed by atoms with Gasteiger partial charge >= 0.3 is 115 Å². The number of carbonyl (C=O) groups is 1. The first-order chi connectivity index (χ1) is 7.06. The summed E-state index contributed by atoms with van der Waals surface area (Å²) in [7, 11) is 0. The third kappa shape index (κ3) is 4.70. The molecule has 6 heteroatoms. The Kier molecular flexibility index (Phi) is 6.08. The number of esters is 1. The van der Waals surface area contributed by atoms with E-state index in [2.05, 4.69) is 26.1 Å². The molecule has 0 aromatic rings. The van der Waals surface area contributed by atoms with Crippen molar-refractivity contribution in [2.75, 3.05) is 6.61 Å². The molecule has 0 spiro atoms. The van der Waals surface area contributed by atoms with Gasteiger partial charge in [-0.2, -0.15) is 0 Å². The SMILES string of the molecule is CCOC(OC(=O)C(I)C1N[I-]1)C(C)C. The summed E-state index contributed by atoms with van der Waals surface area (Å²) in [6.45, 7) is 6.44. The molecule has 1 N–H and O–H groups in total. The molecule has 0 radical (unpaired) electrons. The Hall–Kier alpha value is 0.850. The van der Waals surface area contributed by atoms with Crippen LogP contribution in [-0.2, 0) is 14.3 Å². The number of nitrogens with one attached hydrogen (secondary N) is 1. The molecular weight excluding hydrogens is 424 g/mol. The molecule has 0 aromatic carbocycles. The fourth-order valence-corrected chi connectivity index (χ4v) is 4.08. The van der Waals surface area contributed by atoms with Gasteiger partial charge in [-0.05, 0) is 0 Å².